The largest absolute Gasteiger partial charge is 0.397 e. The van der Waals surface area contributed by atoms with Crippen molar-refractivity contribution >= 4 is 17.4 Å². The van der Waals surface area contributed by atoms with E-state index in [9.17, 15) is 0 Å². The molecule has 16 heavy (non-hydrogen) atoms. The highest BCUT2D eigenvalue weighted by atomic mass is 32.2. The second kappa shape index (κ2) is 4.24. The van der Waals surface area contributed by atoms with Crippen molar-refractivity contribution in [1.29, 1.82) is 5.26 Å². The smallest absolute Gasteiger partial charge is 0.174 e. The molecule has 0 saturated heterocycles. The van der Waals surface area contributed by atoms with Crippen molar-refractivity contribution in [3.8, 4) is 6.07 Å². The molecule has 0 aliphatic rings. The number of pyridine rings is 1. The minimum Gasteiger partial charge on any atom is -0.397 e. The molecule has 0 aliphatic carbocycles. The molecular weight excluding hydrogens is 222 g/mol. The average molecular weight is 231 g/mol. The van der Waals surface area contributed by atoms with Crippen LogP contribution in [0.1, 0.15) is 5.56 Å². The van der Waals surface area contributed by atoms with Crippen LogP contribution in [0.3, 0.4) is 0 Å². The zero-order valence-corrected chi connectivity index (χ0v) is 9.40. The highest BCUT2D eigenvalue weighted by Crippen LogP contribution is 2.27. The summed E-state index contributed by atoms with van der Waals surface area (Å²) in [5, 5.41) is 10.4. The first kappa shape index (κ1) is 10.5. The zero-order chi connectivity index (χ0) is 11.5. The highest BCUT2D eigenvalue weighted by Gasteiger charge is 2.09. The molecule has 2 rings (SSSR count). The number of aromatic nitrogens is 3. The van der Waals surface area contributed by atoms with Gasteiger partial charge < -0.3 is 10.3 Å². The van der Waals surface area contributed by atoms with Crippen molar-refractivity contribution in [3.05, 3.63) is 30.2 Å². The maximum absolute atomic E-state index is 8.95. The summed E-state index contributed by atoms with van der Waals surface area (Å²) in [5.41, 5.74) is 6.52. The number of rotatable bonds is 2. The van der Waals surface area contributed by atoms with Gasteiger partial charge in [-0.1, -0.05) is 0 Å². The monoisotopic (exact) mass is 231 g/mol. The number of hydrogen-bond acceptors (Lipinski definition) is 5. The molecule has 0 atom stereocenters. The fraction of sp³-hybridized carbons (Fsp3) is 0.100. The first-order valence-electron chi connectivity index (χ1n) is 4.51. The molecule has 0 aliphatic heterocycles. The van der Waals surface area contributed by atoms with Crippen LogP contribution in [0.15, 0.2) is 34.8 Å². The Kier molecular flexibility index (Phi) is 2.79. The van der Waals surface area contributed by atoms with Gasteiger partial charge in [0.05, 0.1) is 17.4 Å². The molecule has 0 aromatic carbocycles. The summed E-state index contributed by atoms with van der Waals surface area (Å²) in [7, 11) is 1.89. The van der Waals surface area contributed by atoms with E-state index >= 15 is 0 Å². The van der Waals surface area contributed by atoms with Crippen LogP contribution in [0.5, 0.6) is 0 Å². The van der Waals surface area contributed by atoms with E-state index in [4.69, 9.17) is 11.0 Å². The van der Waals surface area contributed by atoms with E-state index in [2.05, 4.69) is 16.0 Å². The first-order valence-corrected chi connectivity index (χ1v) is 5.33. The van der Waals surface area contributed by atoms with Crippen LogP contribution < -0.4 is 5.73 Å². The van der Waals surface area contributed by atoms with E-state index in [1.165, 1.54) is 18.0 Å². The van der Waals surface area contributed by atoms with Crippen LogP contribution in [0.2, 0.25) is 0 Å². The molecule has 0 saturated carbocycles. The van der Waals surface area contributed by atoms with Crippen molar-refractivity contribution in [2.24, 2.45) is 7.05 Å². The molecule has 2 heterocycles. The van der Waals surface area contributed by atoms with Gasteiger partial charge in [-0.2, -0.15) is 5.26 Å². The van der Waals surface area contributed by atoms with Crippen LogP contribution in [0, 0.1) is 11.3 Å². The predicted octanol–water partition coefficient (Wildman–Crippen LogP) is 1.42. The molecule has 0 spiro atoms. The Bertz CT molecular complexity index is 555. The number of nitriles is 1. The lowest BCUT2D eigenvalue weighted by Crippen LogP contribution is -1.94. The van der Waals surface area contributed by atoms with Crippen molar-refractivity contribution < 1.29 is 0 Å². The number of anilines is 1. The molecule has 2 N–H and O–H groups in total. The molecule has 80 valence electrons. The second-order valence-corrected chi connectivity index (χ2v) is 4.11. The summed E-state index contributed by atoms with van der Waals surface area (Å²) in [6.45, 7) is 0. The molecule has 5 nitrogen and oxygen atoms in total. The summed E-state index contributed by atoms with van der Waals surface area (Å²) < 4.78 is 1.86. The molecule has 0 radical (unpaired) electrons. The Hall–Kier alpha value is -2.00. The maximum atomic E-state index is 8.95. The van der Waals surface area contributed by atoms with Crippen LogP contribution in [0.4, 0.5) is 5.69 Å². The van der Waals surface area contributed by atoms with Gasteiger partial charge in [-0.05, 0) is 17.8 Å². The Morgan fingerprint density at radius 3 is 2.94 bits per heavy atom. The summed E-state index contributed by atoms with van der Waals surface area (Å²) in [6, 6.07) is 3.68. The van der Waals surface area contributed by atoms with Crippen molar-refractivity contribution in [2.45, 2.75) is 10.2 Å². The topological polar surface area (TPSA) is 80.5 Å². The van der Waals surface area contributed by atoms with Crippen LogP contribution in [0.25, 0.3) is 0 Å². The summed E-state index contributed by atoms with van der Waals surface area (Å²) in [6.07, 6.45) is 5.07. The summed E-state index contributed by atoms with van der Waals surface area (Å²) >= 11 is 1.34. The van der Waals surface area contributed by atoms with E-state index < -0.39 is 0 Å². The van der Waals surface area contributed by atoms with Crippen molar-refractivity contribution in [3.63, 3.8) is 0 Å². The lowest BCUT2D eigenvalue weighted by atomic mass is 10.3. The summed E-state index contributed by atoms with van der Waals surface area (Å²) in [4.78, 5) is 8.28. The quantitative estimate of drug-likeness (QED) is 0.845. The molecule has 2 aromatic rings. The molecule has 0 unspecified atom stereocenters. The number of imidazole rings is 1. The third-order valence-electron chi connectivity index (χ3n) is 1.96. The average Bonchev–Trinajstić information content (AvgIpc) is 2.67. The Morgan fingerprint density at radius 1 is 1.50 bits per heavy atom. The van der Waals surface area contributed by atoms with Gasteiger partial charge >= 0.3 is 0 Å². The molecule has 0 fully saturated rings. The zero-order valence-electron chi connectivity index (χ0n) is 8.58. The van der Waals surface area contributed by atoms with Crippen molar-refractivity contribution in [2.75, 3.05) is 5.73 Å². The third-order valence-corrected chi connectivity index (χ3v) is 3.05. The van der Waals surface area contributed by atoms with Crippen LogP contribution in [-0.2, 0) is 7.05 Å². The first-order chi connectivity index (χ1) is 7.70. The van der Waals surface area contributed by atoms with Gasteiger partial charge in [-0.15, -0.1) is 0 Å². The van der Waals surface area contributed by atoms with Gasteiger partial charge in [0.25, 0.3) is 0 Å². The fourth-order valence-corrected chi connectivity index (χ4v) is 1.98. The van der Waals surface area contributed by atoms with Crippen molar-refractivity contribution in [1.82, 2.24) is 14.5 Å². The second-order valence-electron chi connectivity index (χ2n) is 3.16. The van der Waals surface area contributed by atoms with E-state index in [1.807, 2.05) is 17.8 Å². The number of hydrogen-bond donors (Lipinski definition) is 1. The van der Waals surface area contributed by atoms with Gasteiger partial charge in [0.1, 0.15) is 11.1 Å². The standard InChI is InChI=1S/C10H9N5S/c1-15-3-2-13-10(15)16-9-7(5-11)4-8(12)6-14-9/h2-4,6H,12H2,1H3. The molecule has 2 aromatic heterocycles. The van der Waals surface area contributed by atoms with Gasteiger partial charge in [0.15, 0.2) is 5.16 Å². The lowest BCUT2D eigenvalue weighted by molar-refractivity contribution is 0.788. The molecule has 6 heteroatoms. The van der Waals surface area contributed by atoms with E-state index in [1.54, 1.807) is 12.3 Å². The summed E-state index contributed by atoms with van der Waals surface area (Å²) in [5.74, 6) is 0. The SMILES string of the molecule is Cn1ccnc1Sc1ncc(N)cc1C#N. The highest BCUT2D eigenvalue weighted by molar-refractivity contribution is 7.99. The Labute approximate surface area is 96.9 Å². The fourth-order valence-electron chi connectivity index (χ4n) is 1.17. The van der Waals surface area contributed by atoms with Gasteiger partial charge in [-0.25, -0.2) is 9.97 Å². The van der Waals surface area contributed by atoms with Gasteiger partial charge in [-0.3, -0.25) is 0 Å². The minimum atomic E-state index is 0.466. The normalized spacial score (nSPS) is 10.0. The number of aryl methyl sites for hydroxylation is 1. The number of nitrogens with two attached hydrogens (primary N) is 1. The molecule has 0 bridgehead atoms. The predicted molar refractivity (Wildman–Crippen MR) is 60.7 cm³/mol. The Balaban J connectivity index is 2.36. The lowest BCUT2D eigenvalue weighted by Gasteiger charge is -2.03. The molecular formula is C10H9N5S. The minimum absolute atomic E-state index is 0.466. The van der Waals surface area contributed by atoms with E-state index in [0.717, 1.165) is 5.16 Å². The van der Waals surface area contributed by atoms with E-state index in [-0.39, 0.29) is 0 Å². The van der Waals surface area contributed by atoms with Crippen LogP contribution >= 0.6 is 11.8 Å². The maximum Gasteiger partial charge on any atom is 0.174 e. The number of nitrogens with zero attached hydrogens (tertiary/aromatic N) is 4. The molecule has 0 amide bonds. The van der Waals surface area contributed by atoms with Crippen LogP contribution in [-0.4, -0.2) is 14.5 Å². The third kappa shape index (κ3) is 1.99. The van der Waals surface area contributed by atoms with Gasteiger partial charge in [0.2, 0.25) is 0 Å². The Morgan fingerprint density at radius 2 is 2.31 bits per heavy atom. The number of nitrogen functional groups attached to an aromatic ring is 1. The van der Waals surface area contributed by atoms with E-state index in [0.29, 0.717) is 16.3 Å². The van der Waals surface area contributed by atoms with Gasteiger partial charge in [0, 0.05) is 19.4 Å².